The third-order valence-corrected chi connectivity index (χ3v) is 6.45. The van der Waals surface area contributed by atoms with Crippen LogP contribution in [0.4, 0.5) is 0 Å². The fourth-order valence-corrected chi connectivity index (χ4v) is 4.04. The average molecular weight is 561 g/mol. The van der Waals surface area contributed by atoms with Gasteiger partial charge in [-0.3, -0.25) is 19.2 Å². The Morgan fingerprint density at radius 1 is 0.707 bits per heavy atom. The number of hydrogen-bond donors (Lipinski definition) is 4. The zero-order valence-electron chi connectivity index (χ0n) is 24.5. The maximum absolute atomic E-state index is 12.3. The molecule has 3 aromatic carbocycles. The third-order valence-electron chi connectivity index (χ3n) is 6.45. The summed E-state index contributed by atoms with van der Waals surface area (Å²) in [5, 5.41) is 13.2. The molecule has 3 aromatic rings. The first-order chi connectivity index (χ1) is 19.8. The molecule has 0 aliphatic rings. The number of benzene rings is 3. The standard InChI is InChI=1S/C26H29N3O3.C7H15NO/c1-19(29-25(31)18-28-24(30)15-14-20-8-3-2-4-9-20)26(32)27-17-16-22-12-7-11-21-10-5-6-13-23(21)22;1-3-5-6-8-7(9)4-2/h2-13,19H,14-18H2,1H3,(H,27,32)(H,28,30)(H,29,31);3-6H2,1-2H3,(H,8,9). The van der Waals surface area contributed by atoms with Crippen molar-refractivity contribution in [3.05, 3.63) is 83.9 Å². The highest BCUT2D eigenvalue weighted by atomic mass is 16.2. The number of fused-ring (bicyclic) bond motifs is 1. The first-order valence-corrected chi connectivity index (χ1v) is 14.4. The third kappa shape index (κ3) is 13.1. The monoisotopic (exact) mass is 560 g/mol. The lowest BCUT2D eigenvalue weighted by atomic mass is 10.0. The Morgan fingerprint density at radius 2 is 1.41 bits per heavy atom. The Morgan fingerprint density at radius 3 is 2.15 bits per heavy atom. The van der Waals surface area contributed by atoms with Gasteiger partial charge in [-0.2, -0.15) is 0 Å². The van der Waals surface area contributed by atoms with Gasteiger partial charge in [0.25, 0.3) is 0 Å². The molecule has 0 aromatic heterocycles. The Hall–Kier alpha value is -4.20. The van der Waals surface area contributed by atoms with Crippen LogP contribution >= 0.6 is 0 Å². The van der Waals surface area contributed by atoms with Crippen molar-refractivity contribution in [1.82, 2.24) is 21.3 Å². The van der Waals surface area contributed by atoms with E-state index in [1.165, 1.54) is 16.3 Å². The van der Waals surface area contributed by atoms with Crippen molar-refractivity contribution in [2.75, 3.05) is 19.6 Å². The van der Waals surface area contributed by atoms with Gasteiger partial charge in [-0.15, -0.1) is 0 Å². The fourth-order valence-electron chi connectivity index (χ4n) is 4.04. The number of unbranched alkanes of at least 4 members (excludes halogenated alkanes) is 1. The van der Waals surface area contributed by atoms with Crippen molar-refractivity contribution in [2.45, 2.75) is 65.3 Å². The first-order valence-electron chi connectivity index (χ1n) is 14.4. The van der Waals surface area contributed by atoms with Crippen LogP contribution in [0.25, 0.3) is 10.8 Å². The van der Waals surface area contributed by atoms with E-state index in [1.807, 2.05) is 55.5 Å². The van der Waals surface area contributed by atoms with Crippen LogP contribution < -0.4 is 21.3 Å². The van der Waals surface area contributed by atoms with Gasteiger partial charge in [-0.1, -0.05) is 93.1 Å². The van der Waals surface area contributed by atoms with Gasteiger partial charge in [0.2, 0.25) is 23.6 Å². The van der Waals surface area contributed by atoms with Gasteiger partial charge >= 0.3 is 0 Å². The minimum Gasteiger partial charge on any atom is -0.356 e. The van der Waals surface area contributed by atoms with E-state index in [1.54, 1.807) is 6.92 Å². The van der Waals surface area contributed by atoms with Gasteiger partial charge in [-0.25, -0.2) is 0 Å². The largest absolute Gasteiger partial charge is 0.356 e. The number of nitrogens with one attached hydrogen (secondary N) is 4. The summed E-state index contributed by atoms with van der Waals surface area (Å²) in [6.45, 7) is 6.76. The molecular formula is C33H44N4O4. The summed E-state index contributed by atoms with van der Waals surface area (Å²) in [5.41, 5.74) is 2.24. The Balaban J connectivity index is 0.000000564. The van der Waals surface area contributed by atoms with E-state index in [-0.39, 0.29) is 24.3 Å². The summed E-state index contributed by atoms with van der Waals surface area (Å²) in [6.07, 6.45) is 4.45. The zero-order chi connectivity index (χ0) is 29.9. The van der Waals surface area contributed by atoms with Crippen molar-refractivity contribution in [2.24, 2.45) is 0 Å². The van der Waals surface area contributed by atoms with Gasteiger partial charge < -0.3 is 21.3 Å². The fraction of sp³-hybridized carbons (Fsp3) is 0.394. The zero-order valence-corrected chi connectivity index (χ0v) is 24.5. The molecule has 41 heavy (non-hydrogen) atoms. The minimum atomic E-state index is -0.684. The molecule has 1 unspecified atom stereocenters. The summed E-state index contributed by atoms with van der Waals surface area (Å²) < 4.78 is 0. The lowest BCUT2D eigenvalue weighted by Gasteiger charge is -2.15. The van der Waals surface area contributed by atoms with Crippen LogP contribution in [0, 0.1) is 0 Å². The topological polar surface area (TPSA) is 116 Å². The summed E-state index contributed by atoms with van der Waals surface area (Å²) >= 11 is 0. The highest BCUT2D eigenvalue weighted by Crippen LogP contribution is 2.18. The lowest BCUT2D eigenvalue weighted by Crippen LogP contribution is -2.48. The van der Waals surface area contributed by atoms with Crippen molar-refractivity contribution < 1.29 is 19.2 Å². The Kier molecular flexibility index (Phi) is 15.3. The van der Waals surface area contributed by atoms with Gasteiger partial charge in [0.05, 0.1) is 6.54 Å². The minimum absolute atomic E-state index is 0.152. The lowest BCUT2D eigenvalue weighted by molar-refractivity contribution is -0.129. The van der Waals surface area contributed by atoms with Crippen LogP contribution in [0.15, 0.2) is 72.8 Å². The van der Waals surface area contributed by atoms with E-state index in [0.717, 1.165) is 24.9 Å². The van der Waals surface area contributed by atoms with Crippen LogP contribution in [0.3, 0.4) is 0 Å². The molecule has 0 aliphatic heterocycles. The summed E-state index contributed by atoms with van der Waals surface area (Å²) in [6, 6.07) is 23.3. The molecule has 0 heterocycles. The van der Waals surface area contributed by atoms with Gasteiger partial charge in [-0.05, 0) is 48.1 Å². The first kappa shape index (κ1) is 33.0. The van der Waals surface area contributed by atoms with Crippen LogP contribution in [-0.2, 0) is 32.0 Å². The molecule has 0 bridgehead atoms. The number of amides is 4. The van der Waals surface area contributed by atoms with Gasteiger partial charge in [0, 0.05) is 25.9 Å². The van der Waals surface area contributed by atoms with Crippen molar-refractivity contribution >= 4 is 34.4 Å². The quantitative estimate of drug-likeness (QED) is 0.223. The molecule has 0 radical (unpaired) electrons. The smallest absolute Gasteiger partial charge is 0.242 e. The molecule has 0 saturated carbocycles. The Bertz CT molecular complexity index is 1240. The second-order valence-corrected chi connectivity index (χ2v) is 9.79. The molecule has 0 saturated heterocycles. The predicted molar refractivity (Wildman–Crippen MR) is 164 cm³/mol. The maximum Gasteiger partial charge on any atom is 0.242 e. The molecule has 4 amide bonds. The molecule has 0 fully saturated rings. The van der Waals surface area contributed by atoms with Gasteiger partial charge in [0.15, 0.2) is 0 Å². The normalized spacial score (nSPS) is 11.0. The van der Waals surface area contributed by atoms with E-state index in [9.17, 15) is 19.2 Å². The number of rotatable bonds is 14. The van der Waals surface area contributed by atoms with E-state index in [0.29, 0.717) is 32.2 Å². The van der Waals surface area contributed by atoms with Crippen molar-refractivity contribution in [3.63, 3.8) is 0 Å². The second-order valence-electron chi connectivity index (χ2n) is 9.79. The number of aryl methyl sites for hydroxylation is 1. The molecule has 4 N–H and O–H groups in total. The molecule has 8 nitrogen and oxygen atoms in total. The maximum atomic E-state index is 12.3. The second kappa shape index (κ2) is 19.0. The van der Waals surface area contributed by atoms with E-state index < -0.39 is 11.9 Å². The SMILES string of the molecule is CC(NC(=O)CNC(=O)CCc1ccccc1)C(=O)NCCc1cccc2ccccc12.CCCCNC(=O)CC. The van der Waals surface area contributed by atoms with E-state index in [4.69, 9.17) is 0 Å². The van der Waals surface area contributed by atoms with Gasteiger partial charge in [0.1, 0.15) is 6.04 Å². The molecule has 0 spiro atoms. The number of carbonyl (C=O) groups excluding carboxylic acids is 4. The molecule has 8 heteroatoms. The summed E-state index contributed by atoms with van der Waals surface area (Å²) in [7, 11) is 0. The molecular weight excluding hydrogens is 516 g/mol. The highest BCUT2D eigenvalue weighted by Gasteiger charge is 2.15. The summed E-state index contributed by atoms with van der Waals surface area (Å²) in [4.78, 5) is 46.9. The van der Waals surface area contributed by atoms with Crippen molar-refractivity contribution in [3.8, 4) is 0 Å². The van der Waals surface area contributed by atoms with E-state index >= 15 is 0 Å². The number of hydrogen-bond acceptors (Lipinski definition) is 4. The number of carbonyl (C=O) groups is 4. The van der Waals surface area contributed by atoms with Crippen LogP contribution in [0.2, 0.25) is 0 Å². The van der Waals surface area contributed by atoms with E-state index in [2.05, 4.69) is 52.5 Å². The summed E-state index contributed by atoms with van der Waals surface area (Å²) in [5.74, 6) is -0.691. The molecule has 0 aliphatic carbocycles. The molecule has 1 atom stereocenters. The molecule has 3 rings (SSSR count). The average Bonchev–Trinajstić information content (AvgIpc) is 3.00. The highest BCUT2D eigenvalue weighted by molar-refractivity contribution is 5.90. The van der Waals surface area contributed by atoms with Crippen molar-refractivity contribution in [1.29, 1.82) is 0 Å². The van der Waals surface area contributed by atoms with Crippen LogP contribution in [-0.4, -0.2) is 49.3 Å². The van der Waals surface area contributed by atoms with Crippen LogP contribution in [0.1, 0.15) is 57.6 Å². The Labute approximate surface area is 243 Å². The molecule has 220 valence electrons. The van der Waals surface area contributed by atoms with Crippen LogP contribution in [0.5, 0.6) is 0 Å². The predicted octanol–water partition coefficient (Wildman–Crippen LogP) is 4.06.